The molecular formula is C71H54BN5O2. The highest BCUT2D eigenvalue weighted by Crippen LogP contribution is 2.42. The van der Waals surface area contributed by atoms with Crippen molar-refractivity contribution in [3.63, 3.8) is 0 Å². The summed E-state index contributed by atoms with van der Waals surface area (Å²) in [5.74, 6) is 1.93. The Balaban J connectivity index is 0.000000154. The minimum atomic E-state index is -0.395. The molecule has 0 unspecified atom stereocenters. The maximum absolute atomic E-state index is 6.34. The van der Waals surface area contributed by atoms with Crippen LogP contribution in [-0.4, -0.2) is 43.2 Å². The average Bonchev–Trinajstić information content (AvgIpc) is 3.78. The summed E-state index contributed by atoms with van der Waals surface area (Å²) in [6, 6.07) is 87.8. The molecule has 1 aliphatic rings. The molecule has 1 aliphatic heterocycles. The smallest absolute Gasteiger partial charge is 0.399 e. The Hall–Kier alpha value is -9.47. The van der Waals surface area contributed by atoms with Gasteiger partial charge in [0.1, 0.15) is 0 Å². The lowest BCUT2D eigenvalue weighted by Crippen LogP contribution is -2.41. The maximum Gasteiger partial charge on any atom is 0.494 e. The minimum Gasteiger partial charge on any atom is -0.399 e. The van der Waals surface area contributed by atoms with E-state index in [1.807, 2.05) is 72.8 Å². The van der Waals surface area contributed by atoms with Crippen LogP contribution >= 0.6 is 0 Å². The van der Waals surface area contributed by atoms with Gasteiger partial charge < -0.3 is 9.31 Å². The van der Waals surface area contributed by atoms with Crippen molar-refractivity contribution in [2.45, 2.75) is 38.9 Å². The zero-order chi connectivity index (χ0) is 53.5. The summed E-state index contributed by atoms with van der Waals surface area (Å²) in [5, 5.41) is 6.94. The third kappa shape index (κ3) is 9.41. The van der Waals surface area contributed by atoms with Crippen LogP contribution in [-0.2, 0) is 9.31 Å². The molecule has 3 aromatic heterocycles. The Kier molecular flexibility index (Phi) is 12.7. The van der Waals surface area contributed by atoms with E-state index in [2.05, 4.69) is 210 Å². The highest BCUT2D eigenvalue weighted by Gasteiger charge is 2.51. The molecule has 8 heteroatoms. The molecule has 0 radical (unpaired) electrons. The molecule has 0 spiro atoms. The third-order valence-electron chi connectivity index (χ3n) is 15.4. The van der Waals surface area contributed by atoms with Crippen molar-refractivity contribution in [3.05, 3.63) is 255 Å². The molecule has 79 heavy (non-hydrogen) atoms. The van der Waals surface area contributed by atoms with E-state index < -0.39 is 7.12 Å². The van der Waals surface area contributed by atoms with Crippen molar-refractivity contribution in [2.75, 3.05) is 0 Å². The van der Waals surface area contributed by atoms with Crippen molar-refractivity contribution in [3.8, 4) is 78.9 Å². The number of rotatable bonds is 8. The van der Waals surface area contributed by atoms with Gasteiger partial charge >= 0.3 is 7.12 Å². The fraction of sp³-hybridized carbons (Fsp3) is 0.0845. The van der Waals surface area contributed by atoms with Gasteiger partial charge in [-0.15, -0.1) is 0 Å². The second-order valence-electron chi connectivity index (χ2n) is 21.0. The summed E-state index contributed by atoms with van der Waals surface area (Å²) >= 11 is 0. The highest BCUT2D eigenvalue weighted by atomic mass is 16.7. The molecule has 0 saturated carbocycles. The summed E-state index contributed by atoms with van der Waals surface area (Å²) in [5.41, 5.74) is 13.8. The maximum atomic E-state index is 6.34. The molecule has 4 heterocycles. The van der Waals surface area contributed by atoms with Crippen molar-refractivity contribution < 1.29 is 9.31 Å². The first-order valence-corrected chi connectivity index (χ1v) is 26.8. The molecule has 0 amide bonds. The predicted octanol–water partition coefficient (Wildman–Crippen LogP) is 16.9. The first kappa shape index (κ1) is 49.1. The van der Waals surface area contributed by atoms with Crippen LogP contribution in [0, 0.1) is 0 Å². The normalized spacial score (nSPS) is 13.6. The zero-order valence-corrected chi connectivity index (χ0v) is 44.4. The molecule has 13 aromatic rings. The Morgan fingerprint density at radius 2 is 0.633 bits per heavy atom. The molecule has 1 fully saturated rings. The fourth-order valence-electron chi connectivity index (χ4n) is 10.7. The predicted molar refractivity (Wildman–Crippen MR) is 326 cm³/mol. The van der Waals surface area contributed by atoms with Gasteiger partial charge in [0, 0.05) is 60.1 Å². The van der Waals surface area contributed by atoms with E-state index in [1.165, 1.54) is 16.3 Å². The van der Waals surface area contributed by atoms with Gasteiger partial charge in [0.15, 0.2) is 17.5 Å². The Morgan fingerprint density at radius 1 is 0.291 bits per heavy atom. The van der Waals surface area contributed by atoms with E-state index in [9.17, 15) is 0 Å². The first-order chi connectivity index (χ1) is 38.7. The minimum absolute atomic E-state index is 0.375. The average molecular weight is 1020 g/mol. The van der Waals surface area contributed by atoms with E-state index in [0.29, 0.717) is 17.5 Å². The quantitative estimate of drug-likeness (QED) is 0.111. The van der Waals surface area contributed by atoms with Crippen molar-refractivity contribution >= 4 is 55.9 Å². The SMILES string of the molecule is CC1(C)OB(c2cccc(-c3cccc4c(-c5ccccc5)nc5ccccc5c34)c2)OC1(C)C.c1ccc(-c2nc(-c3ccccc3)nc(-c3cccc(-c4cccc5c(-c6ccccc6)nc6ccccc6c45)c3)n2)cc1. The van der Waals surface area contributed by atoms with Crippen LogP contribution in [0.3, 0.4) is 0 Å². The van der Waals surface area contributed by atoms with Crippen molar-refractivity contribution in [1.82, 2.24) is 24.9 Å². The molecule has 0 aliphatic carbocycles. The summed E-state index contributed by atoms with van der Waals surface area (Å²) in [7, 11) is -0.395. The van der Waals surface area contributed by atoms with Gasteiger partial charge in [-0.3, -0.25) is 0 Å². The molecule has 0 atom stereocenters. The first-order valence-electron chi connectivity index (χ1n) is 26.8. The third-order valence-corrected chi connectivity index (χ3v) is 15.4. The highest BCUT2D eigenvalue weighted by molar-refractivity contribution is 6.62. The molecule has 0 N–H and O–H groups in total. The van der Waals surface area contributed by atoms with Gasteiger partial charge in [0.2, 0.25) is 0 Å². The lowest BCUT2D eigenvalue weighted by atomic mass is 9.77. The number of benzene rings is 10. The number of nitrogens with zero attached hydrogens (tertiary/aromatic N) is 5. The van der Waals surface area contributed by atoms with E-state index in [1.54, 1.807) is 0 Å². The van der Waals surface area contributed by atoms with Gasteiger partial charge in [0.05, 0.1) is 33.6 Å². The second-order valence-corrected chi connectivity index (χ2v) is 21.0. The van der Waals surface area contributed by atoms with Gasteiger partial charge in [-0.1, -0.05) is 237 Å². The molecular weight excluding hydrogens is 966 g/mol. The largest absolute Gasteiger partial charge is 0.494 e. The van der Waals surface area contributed by atoms with Crippen LogP contribution in [0.15, 0.2) is 255 Å². The van der Waals surface area contributed by atoms with Crippen LogP contribution < -0.4 is 5.46 Å². The number of para-hydroxylation sites is 2. The molecule has 0 bridgehead atoms. The number of pyridine rings is 2. The van der Waals surface area contributed by atoms with E-state index in [0.717, 1.165) is 93.9 Å². The van der Waals surface area contributed by atoms with Crippen LogP contribution in [0.2, 0.25) is 0 Å². The Bertz CT molecular complexity index is 4310. The fourth-order valence-corrected chi connectivity index (χ4v) is 10.7. The number of hydrogen-bond donors (Lipinski definition) is 0. The van der Waals surface area contributed by atoms with Gasteiger partial charge in [-0.2, -0.15) is 0 Å². The Labute approximate surface area is 460 Å². The lowest BCUT2D eigenvalue weighted by Gasteiger charge is -2.32. The van der Waals surface area contributed by atoms with Crippen LogP contribution in [0.4, 0.5) is 0 Å². The lowest BCUT2D eigenvalue weighted by molar-refractivity contribution is 0.00578. The van der Waals surface area contributed by atoms with Gasteiger partial charge in [-0.25, -0.2) is 24.9 Å². The summed E-state index contributed by atoms with van der Waals surface area (Å²) in [6.07, 6.45) is 0. The molecule has 14 rings (SSSR count). The summed E-state index contributed by atoms with van der Waals surface area (Å²) < 4.78 is 12.7. The Morgan fingerprint density at radius 3 is 1.10 bits per heavy atom. The van der Waals surface area contributed by atoms with Crippen LogP contribution in [0.5, 0.6) is 0 Å². The molecule has 10 aromatic carbocycles. The summed E-state index contributed by atoms with van der Waals surface area (Å²) in [4.78, 5) is 25.0. The van der Waals surface area contributed by atoms with Crippen LogP contribution in [0.1, 0.15) is 27.7 Å². The van der Waals surface area contributed by atoms with Gasteiger partial charge in [0.25, 0.3) is 0 Å². The van der Waals surface area contributed by atoms with Crippen molar-refractivity contribution in [2.24, 2.45) is 0 Å². The van der Waals surface area contributed by atoms with E-state index >= 15 is 0 Å². The second kappa shape index (κ2) is 20.5. The van der Waals surface area contributed by atoms with Crippen LogP contribution in [0.25, 0.3) is 122 Å². The summed E-state index contributed by atoms with van der Waals surface area (Å²) in [6.45, 7) is 8.36. The number of fused-ring (bicyclic) bond motifs is 6. The standard InChI is InChI=1S/C40H26N4.C31H28BNO2/c1-4-14-27(15-5-1)37-34-24-13-23-32(36(34)33-22-10-11-25-35(33)41-37)30-20-12-21-31(26-30)40-43-38(28-16-6-2-7-17-28)42-39(44-40)29-18-8-3-9-19-29;1-30(2)31(3,4)35-32(34-30)23-15-10-14-22(20-23)24-17-11-18-26-28(24)25-16-8-9-19-27(25)33-29(26)21-12-6-5-7-13-21/h1-26H;5-20H,1-4H3. The number of aromatic nitrogens is 5. The van der Waals surface area contributed by atoms with E-state index in [4.69, 9.17) is 34.2 Å². The zero-order valence-electron chi connectivity index (χ0n) is 44.4. The monoisotopic (exact) mass is 1020 g/mol. The van der Waals surface area contributed by atoms with Crippen molar-refractivity contribution in [1.29, 1.82) is 0 Å². The number of hydrogen-bond acceptors (Lipinski definition) is 7. The molecule has 7 nitrogen and oxygen atoms in total. The topological polar surface area (TPSA) is 82.9 Å². The van der Waals surface area contributed by atoms with Gasteiger partial charge in [-0.05, 0) is 73.6 Å². The molecule has 378 valence electrons. The molecule has 1 saturated heterocycles. The van der Waals surface area contributed by atoms with E-state index in [-0.39, 0.29) is 11.2 Å².